The Labute approximate surface area is 109 Å². The van der Waals surface area contributed by atoms with Crippen LogP contribution < -0.4 is 11.1 Å². The molecule has 0 aliphatic rings. The SMILES string of the molecule is Cc1nc(CC(=O)Nc2ccccc2C(N)=O)co1. The van der Waals surface area contributed by atoms with E-state index in [1.165, 1.54) is 6.26 Å². The van der Waals surface area contributed by atoms with Crippen LogP contribution in [-0.2, 0) is 11.2 Å². The first kappa shape index (κ1) is 12.8. The summed E-state index contributed by atoms with van der Waals surface area (Å²) in [5, 5.41) is 2.63. The van der Waals surface area contributed by atoms with Crippen molar-refractivity contribution >= 4 is 17.5 Å². The number of rotatable bonds is 4. The van der Waals surface area contributed by atoms with Crippen LogP contribution >= 0.6 is 0 Å². The van der Waals surface area contributed by atoms with E-state index in [2.05, 4.69) is 10.3 Å². The second kappa shape index (κ2) is 5.34. The molecule has 1 aromatic carbocycles. The number of hydrogen-bond acceptors (Lipinski definition) is 4. The maximum absolute atomic E-state index is 11.8. The highest BCUT2D eigenvalue weighted by Gasteiger charge is 2.12. The molecule has 0 radical (unpaired) electrons. The van der Waals surface area contributed by atoms with Crippen molar-refractivity contribution in [2.45, 2.75) is 13.3 Å². The van der Waals surface area contributed by atoms with Gasteiger partial charge in [-0.15, -0.1) is 0 Å². The minimum absolute atomic E-state index is 0.0738. The van der Waals surface area contributed by atoms with Gasteiger partial charge in [-0.3, -0.25) is 9.59 Å². The zero-order valence-electron chi connectivity index (χ0n) is 10.3. The molecule has 98 valence electrons. The van der Waals surface area contributed by atoms with E-state index in [-0.39, 0.29) is 17.9 Å². The fourth-order valence-electron chi connectivity index (χ4n) is 1.66. The molecule has 2 aromatic rings. The van der Waals surface area contributed by atoms with Crippen molar-refractivity contribution in [3.8, 4) is 0 Å². The highest BCUT2D eigenvalue weighted by atomic mass is 16.3. The maximum Gasteiger partial charge on any atom is 0.250 e. The number of nitrogens with two attached hydrogens (primary N) is 1. The van der Waals surface area contributed by atoms with Crippen molar-refractivity contribution in [3.05, 3.63) is 47.7 Å². The van der Waals surface area contributed by atoms with Crippen LogP contribution in [0.5, 0.6) is 0 Å². The molecule has 6 nitrogen and oxygen atoms in total. The Hall–Kier alpha value is -2.63. The number of anilines is 1. The number of aromatic nitrogens is 1. The molecule has 0 fully saturated rings. The van der Waals surface area contributed by atoms with Gasteiger partial charge < -0.3 is 15.5 Å². The fourth-order valence-corrected chi connectivity index (χ4v) is 1.66. The first-order valence-corrected chi connectivity index (χ1v) is 5.66. The van der Waals surface area contributed by atoms with E-state index in [1.54, 1.807) is 31.2 Å². The summed E-state index contributed by atoms with van der Waals surface area (Å²) >= 11 is 0. The van der Waals surface area contributed by atoms with Gasteiger partial charge in [0.25, 0.3) is 5.91 Å². The number of aryl methyl sites for hydroxylation is 1. The highest BCUT2D eigenvalue weighted by Crippen LogP contribution is 2.14. The minimum atomic E-state index is -0.590. The number of hydrogen-bond donors (Lipinski definition) is 2. The molecule has 1 aromatic heterocycles. The van der Waals surface area contributed by atoms with E-state index in [0.29, 0.717) is 17.3 Å². The van der Waals surface area contributed by atoms with Gasteiger partial charge in [0.2, 0.25) is 5.91 Å². The standard InChI is InChI=1S/C13H13N3O3/c1-8-15-9(7-19-8)6-12(17)16-11-5-3-2-4-10(11)13(14)18/h2-5,7H,6H2,1H3,(H2,14,18)(H,16,17). The van der Waals surface area contributed by atoms with E-state index >= 15 is 0 Å². The Bertz CT molecular complexity index is 619. The second-order valence-corrected chi connectivity index (χ2v) is 3.99. The van der Waals surface area contributed by atoms with Crippen LogP contribution in [-0.4, -0.2) is 16.8 Å². The fraction of sp³-hybridized carbons (Fsp3) is 0.154. The predicted molar refractivity (Wildman–Crippen MR) is 68.5 cm³/mol. The lowest BCUT2D eigenvalue weighted by molar-refractivity contribution is -0.115. The molecule has 0 aliphatic carbocycles. The summed E-state index contributed by atoms with van der Waals surface area (Å²) in [6.45, 7) is 1.70. The quantitative estimate of drug-likeness (QED) is 0.863. The van der Waals surface area contributed by atoms with Gasteiger partial charge in [-0.1, -0.05) is 12.1 Å². The molecule has 0 aliphatic heterocycles. The Morgan fingerprint density at radius 2 is 2.11 bits per heavy atom. The lowest BCUT2D eigenvalue weighted by Gasteiger charge is -2.07. The number of benzene rings is 1. The number of carbonyl (C=O) groups is 2. The average molecular weight is 259 g/mol. The van der Waals surface area contributed by atoms with Crippen molar-refractivity contribution in [1.29, 1.82) is 0 Å². The molecule has 0 atom stereocenters. The van der Waals surface area contributed by atoms with Crippen molar-refractivity contribution in [2.24, 2.45) is 5.73 Å². The summed E-state index contributed by atoms with van der Waals surface area (Å²) in [4.78, 5) is 27.1. The summed E-state index contributed by atoms with van der Waals surface area (Å²) in [5.74, 6) is -0.379. The second-order valence-electron chi connectivity index (χ2n) is 3.99. The molecule has 3 N–H and O–H groups in total. The van der Waals surface area contributed by atoms with E-state index < -0.39 is 5.91 Å². The smallest absolute Gasteiger partial charge is 0.250 e. The molecule has 2 rings (SSSR count). The molecule has 0 bridgehead atoms. The Kier molecular flexibility index (Phi) is 3.61. The highest BCUT2D eigenvalue weighted by molar-refractivity contribution is 6.03. The van der Waals surface area contributed by atoms with Crippen LogP contribution in [0.25, 0.3) is 0 Å². The average Bonchev–Trinajstić information content (AvgIpc) is 2.75. The number of oxazole rings is 1. The number of nitrogens with one attached hydrogen (secondary N) is 1. The summed E-state index contributed by atoms with van der Waals surface area (Å²) in [7, 11) is 0. The van der Waals surface area contributed by atoms with Crippen LogP contribution in [0.1, 0.15) is 21.9 Å². The van der Waals surface area contributed by atoms with E-state index in [9.17, 15) is 9.59 Å². The van der Waals surface area contributed by atoms with Gasteiger partial charge in [0.15, 0.2) is 5.89 Å². The van der Waals surface area contributed by atoms with E-state index in [4.69, 9.17) is 10.2 Å². The lowest BCUT2D eigenvalue weighted by Crippen LogP contribution is -2.19. The Morgan fingerprint density at radius 1 is 1.37 bits per heavy atom. The van der Waals surface area contributed by atoms with Gasteiger partial charge in [-0.05, 0) is 12.1 Å². The number of carbonyl (C=O) groups excluding carboxylic acids is 2. The number of amides is 2. The summed E-state index contributed by atoms with van der Waals surface area (Å²) < 4.78 is 5.01. The third kappa shape index (κ3) is 3.19. The van der Waals surface area contributed by atoms with Crippen LogP contribution in [0, 0.1) is 6.92 Å². The van der Waals surface area contributed by atoms with Crippen LogP contribution in [0.2, 0.25) is 0 Å². The molecule has 0 spiro atoms. The molecular weight excluding hydrogens is 246 g/mol. The normalized spacial score (nSPS) is 10.2. The van der Waals surface area contributed by atoms with Crippen molar-refractivity contribution in [2.75, 3.05) is 5.32 Å². The minimum Gasteiger partial charge on any atom is -0.449 e. The van der Waals surface area contributed by atoms with Crippen molar-refractivity contribution < 1.29 is 14.0 Å². The van der Waals surface area contributed by atoms with Gasteiger partial charge in [0.05, 0.1) is 23.4 Å². The van der Waals surface area contributed by atoms with Gasteiger partial charge in [-0.2, -0.15) is 0 Å². The molecular formula is C13H13N3O3. The van der Waals surface area contributed by atoms with Gasteiger partial charge >= 0.3 is 0 Å². The Morgan fingerprint density at radius 3 is 2.74 bits per heavy atom. The molecule has 2 amide bonds. The summed E-state index contributed by atoms with van der Waals surface area (Å²) in [6.07, 6.45) is 1.50. The number of nitrogens with zero attached hydrogens (tertiary/aromatic N) is 1. The largest absolute Gasteiger partial charge is 0.449 e. The number of para-hydroxylation sites is 1. The third-order valence-electron chi connectivity index (χ3n) is 2.47. The molecule has 1 heterocycles. The molecule has 0 unspecified atom stereocenters. The topological polar surface area (TPSA) is 98.2 Å². The monoisotopic (exact) mass is 259 g/mol. The zero-order chi connectivity index (χ0) is 13.8. The van der Waals surface area contributed by atoms with Crippen LogP contribution in [0.3, 0.4) is 0 Å². The first-order chi connectivity index (χ1) is 9.06. The van der Waals surface area contributed by atoms with Crippen molar-refractivity contribution in [3.63, 3.8) is 0 Å². The third-order valence-corrected chi connectivity index (χ3v) is 2.47. The zero-order valence-corrected chi connectivity index (χ0v) is 10.3. The van der Waals surface area contributed by atoms with Gasteiger partial charge in [0, 0.05) is 6.92 Å². The van der Waals surface area contributed by atoms with Crippen LogP contribution in [0.15, 0.2) is 34.9 Å². The van der Waals surface area contributed by atoms with Gasteiger partial charge in [0.1, 0.15) is 6.26 Å². The molecule has 19 heavy (non-hydrogen) atoms. The predicted octanol–water partition coefficient (Wildman–Crippen LogP) is 1.26. The van der Waals surface area contributed by atoms with Gasteiger partial charge in [-0.25, -0.2) is 4.98 Å². The van der Waals surface area contributed by atoms with E-state index in [0.717, 1.165) is 0 Å². The molecule has 0 saturated heterocycles. The van der Waals surface area contributed by atoms with Crippen molar-refractivity contribution in [1.82, 2.24) is 4.98 Å². The molecule has 0 saturated carbocycles. The van der Waals surface area contributed by atoms with E-state index in [1.807, 2.05) is 0 Å². The summed E-state index contributed by atoms with van der Waals surface area (Å²) in [6, 6.07) is 6.56. The molecule has 6 heteroatoms. The Balaban J connectivity index is 2.09. The maximum atomic E-state index is 11.8. The van der Waals surface area contributed by atoms with Crippen LogP contribution in [0.4, 0.5) is 5.69 Å². The lowest BCUT2D eigenvalue weighted by atomic mass is 10.1. The summed E-state index contributed by atoms with van der Waals surface area (Å²) in [5.41, 5.74) is 6.42. The first-order valence-electron chi connectivity index (χ1n) is 5.66. The number of primary amides is 1.